The van der Waals surface area contributed by atoms with E-state index in [4.69, 9.17) is 0 Å². The summed E-state index contributed by atoms with van der Waals surface area (Å²) in [4.78, 5) is 25.1. The molecule has 0 unspecified atom stereocenters. The molecule has 4 rings (SSSR count). The summed E-state index contributed by atoms with van der Waals surface area (Å²) in [7, 11) is 0. The predicted octanol–water partition coefficient (Wildman–Crippen LogP) is 3.90. The number of para-hydroxylation sites is 1. The van der Waals surface area contributed by atoms with Crippen molar-refractivity contribution >= 4 is 23.3 Å². The summed E-state index contributed by atoms with van der Waals surface area (Å²) in [5, 5.41) is 14.3. The van der Waals surface area contributed by atoms with Crippen LogP contribution in [0.4, 0.5) is 11.5 Å². The van der Waals surface area contributed by atoms with E-state index in [0.717, 1.165) is 11.4 Å². The minimum Gasteiger partial charge on any atom is -0.321 e. The second-order valence-electron chi connectivity index (χ2n) is 7.26. The van der Waals surface area contributed by atoms with Crippen LogP contribution in [0.1, 0.15) is 24.3 Å². The summed E-state index contributed by atoms with van der Waals surface area (Å²) in [5.74, 6) is -0.298. The lowest BCUT2D eigenvalue weighted by Gasteiger charge is -2.10. The number of hydrogen-bond acceptors (Lipinski definition) is 4. The number of hydrogen-bond donors (Lipinski definition) is 2. The molecule has 0 aliphatic carbocycles. The molecule has 0 aliphatic heterocycles. The van der Waals surface area contributed by atoms with Gasteiger partial charge in [0.15, 0.2) is 5.69 Å². The third kappa shape index (κ3) is 4.53. The molecule has 0 saturated heterocycles. The van der Waals surface area contributed by atoms with Gasteiger partial charge in [0.05, 0.1) is 11.4 Å². The first-order valence-electron chi connectivity index (χ1n) is 9.89. The van der Waals surface area contributed by atoms with Gasteiger partial charge in [0.2, 0.25) is 5.91 Å². The standard InChI is InChI=1S/C23H22N6O2/c1-16(2)22(30)26-21-15-20(27-29(21)19-7-4-3-5-8-19)23(31)25-17-9-11-18(12-10-17)28-14-6-13-24-28/h3-16H,1-2H3,(H,25,31)(H,26,30). The number of carbonyl (C=O) groups is 2. The van der Waals surface area contributed by atoms with Crippen molar-refractivity contribution in [3.63, 3.8) is 0 Å². The van der Waals surface area contributed by atoms with E-state index in [1.165, 1.54) is 0 Å². The Morgan fingerprint density at radius 3 is 2.29 bits per heavy atom. The third-order valence-corrected chi connectivity index (χ3v) is 4.61. The van der Waals surface area contributed by atoms with Gasteiger partial charge < -0.3 is 10.6 Å². The van der Waals surface area contributed by atoms with Gasteiger partial charge in [-0.3, -0.25) is 9.59 Å². The van der Waals surface area contributed by atoms with Crippen LogP contribution in [0.15, 0.2) is 79.1 Å². The van der Waals surface area contributed by atoms with Crippen molar-refractivity contribution in [3.8, 4) is 11.4 Å². The molecule has 156 valence electrons. The van der Waals surface area contributed by atoms with Crippen molar-refractivity contribution in [3.05, 3.63) is 84.8 Å². The number of nitrogens with zero attached hydrogens (tertiary/aromatic N) is 4. The summed E-state index contributed by atoms with van der Waals surface area (Å²) < 4.78 is 3.28. The van der Waals surface area contributed by atoms with E-state index >= 15 is 0 Å². The molecule has 31 heavy (non-hydrogen) atoms. The molecule has 8 heteroatoms. The molecule has 2 aromatic heterocycles. The number of anilines is 2. The molecule has 8 nitrogen and oxygen atoms in total. The maximum Gasteiger partial charge on any atom is 0.276 e. The fraction of sp³-hybridized carbons (Fsp3) is 0.130. The van der Waals surface area contributed by atoms with Gasteiger partial charge in [-0.15, -0.1) is 0 Å². The predicted molar refractivity (Wildman–Crippen MR) is 119 cm³/mol. The summed E-state index contributed by atoms with van der Waals surface area (Å²) in [6.07, 6.45) is 3.55. The SMILES string of the molecule is CC(C)C(=O)Nc1cc(C(=O)Nc2ccc(-n3cccn3)cc2)nn1-c1ccccc1. The van der Waals surface area contributed by atoms with Gasteiger partial charge in [-0.05, 0) is 42.5 Å². The highest BCUT2D eigenvalue weighted by Gasteiger charge is 2.18. The molecule has 0 bridgehead atoms. The molecule has 0 aliphatic rings. The molecule has 0 fully saturated rings. The van der Waals surface area contributed by atoms with Crippen LogP contribution in [0.3, 0.4) is 0 Å². The topological polar surface area (TPSA) is 93.8 Å². The monoisotopic (exact) mass is 414 g/mol. The van der Waals surface area contributed by atoms with Crippen LogP contribution in [0.2, 0.25) is 0 Å². The zero-order valence-corrected chi connectivity index (χ0v) is 17.2. The highest BCUT2D eigenvalue weighted by atomic mass is 16.2. The van der Waals surface area contributed by atoms with Gasteiger partial charge in [0.1, 0.15) is 5.82 Å². The molecule has 0 radical (unpaired) electrons. The minimum atomic E-state index is -0.374. The van der Waals surface area contributed by atoms with Crippen LogP contribution in [0, 0.1) is 5.92 Å². The van der Waals surface area contributed by atoms with Gasteiger partial charge >= 0.3 is 0 Å². The van der Waals surface area contributed by atoms with Gasteiger partial charge in [0.25, 0.3) is 5.91 Å². The van der Waals surface area contributed by atoms with Crippen molar-refractivity contribution in [2.24, 2.45) is 5.92 Å². The number of carbonyl (C=O) groups excluding carboxylic acids is 2. The molecule has 4 aromatic rings. The average Bonchev–Trinajstić information content (AvgIpc) is 3.45. The van der Waals surface area contributed by atoms with Crippen molar-refractivity contribution in [1.82, 2.24) is 19.6 Å². The van der Waals surface area contributed by atoms with E-state index < -0.39 is 0 Å². The summed E-state index contributed by atoms with van der Waals surface area (Å²) >= 11 is 0. The Hall–Kier alpha value is -4.20. The largest absolute Gasteiger partial charge is 0.321 e. The quantitative estimate of drug-likeness (QED) is 0.500. The maximum absolute atomic E-state index is 12.8. The Morgan fingerprint density at radius 1 is 0.903 bits per heavy atom. The molecule has 0 atom stereocenters. The lowest BCUT2D eigenvalue weighted by molar-refractivity contribution is -0.118. The van der Waals surface area contributed by atoms with Crippen molar-refractivity contribution in [2.75, 3.05) is 10.6 Å². The molecule has 0 saturated carbocycles. The molecule has 2 aromatic carbocycles. The van der Waals surface area contributed by atoms with Crippen LogP contribution in [0.5, 0.6) is 0 Å². The lowest BCUT2D eigenvalue weighted by Crippen LogP contribution is -2.19. The second-order valence-corrected chi connectivity index (χ2v) is 7.26. The third-order valence-electron chi connectivity index (χ3n) is 4.61. The number of benzene rings is 2. The molecule has 0 spiro atoms. The first kappa shape index (κ1) is 20.1. The number of rotatable bonds is 6. The van der Waals surface area contributed by atoms with E-state index in [9.17, 15) is 9.59 Å². The Labute approximate surface area is 179 Å². The maximum atomic E-state index is 12.8. The second kappa shape index (κ2) is 8.66. The fourth-order valence-corrected chi connectivity index (χ4v) is 2.93. The average molecular weight is 414 g/mol. The summed E-state index contributed by atoms with van der Waals surface area (Å²) in [6, 6.07) is 20.1. The number of amides is 2. The van der Waals surface area contributed by atoms with E-state index in [-0.39, 0.29) is 23.4 Å². The summed E-state index contributed by atoms with van der Waals surface area (Å²) in [6.45, 7) is 3.61. The van der Waals surface area contributed by atoms with Crippen molar-refractivity contribution < 1.29 is 9.59 Å². The molecule has 2 N–H and O–H groups in total. The van der Waals surface area contributed by atoms with E-state index in [1.807, 2.05) is 54.7 Å². The van der Waals surface area contributed by atoms with Crippen LogP contribution in [-0.4, -0.2) is 31.4 Å². The molecule has 2 amide bonds. The summed E-state index contributed by atoms with van der Waals surface area (Å²) in [5.41, 5.74) is 2.45. The number of aromatic nitrogens is 4. The Morgan fingerprint density at radius 2 is 1.65 bits per heavy atom. The smallest absolute Gasteiger partial charge is 0.276 e. The number of nitrogens with one attached hydrogen (secondary N) is 2. The van der Waals surface area contributed by atoms with Crippen LogP contribution >= 0.6 is 0 Å². The normalized spacial score (nSPS) is 10.8. The first-order valence-corrected chi connectivity index (χ1v) is 9.89. The Kier molecular flexibility index (Phi) is 5.61. The zero-order chi connectivity index (χ0) is 21.8. The Balaban J connectivity index is 1.57. The first-order chi connectivity index (χ1) is 15.0. The van der Waals surface area contributed by atoms with Crippen LogP contribution in [-0.2, 0) is 4.79 Å². The van der Waals surface area contributed by atoms with E-state index in [2.05, 4.69) is 20.8 Å². The molecular formula is C23H22N6O2. The molecule has 2 heterocycles. The highest BCUT2D eigenvalue weighted by Crippen LogP contribution is 2.20. The van der Waals surface area contributed by atoms with Gasteiger partial charge in [0, 0.05) is 30.1 Å². The van der Waals surface area contributed by atoms with Crippen molar-refractivity contribution in [1.29, 1.82) is 0 Å². The Bertz CT molecular complexity index is 1180. The van der Waals surface area contributed by atoms with Gasteiger partial charge in [-0.1, -0.05) is 32.0 Å². The van der Waals surface area contributed by atoms with E-state index in [0.29, 0.717) is 11.5 Å². The fourth-order valence-electron chi connectivity index (χ4n) is 2.93. The van der Waals surface area contributed by atoms with Crippen LogP contribution in [0.25, 0.3) is 11.4 Å². The highest BCUT2D eigenvalue weighted by molar-refractivity contribution is 6.04. The zero-order valence-electron chi connectivity index (χ0n) is 17.2. The molecular weight excluding hydrogens is 392 g/mol. The van der Waals surface area contributed by atoms with Crippen LogP contribution < -0.4 is 10.6 Å². The van der Waals surface area contributed by atoms with Crippen molar-refractivity contribution in [2.45, 2.75) is 13.8 Å². The van der Waals surface area contributed by atoms with E-state index in [1.54, 1.807) is 47.6 Å². The lowest BCUT2D eigenvalue weighted by atomic mass is 10.2. The van der Waals surface area contributed by atoms with Gasteiger partial charge in [-0.2, -0.15) is 10.2 Å². The minimum absolute atomic E-state index is 0.154. The van der Waals surface area contributed by atoms with Gasteiger partial charge in [-0.25, -0.2) is 9.36 Å².